The van der Waals surface area contributed by atoms with E-state index in [1.165, 1.54) is 51.7 Å². The molecule has 1 heterocycles. The van der Waals surface area contributed by atoms with Gasteiger partial charge < -0.3 is 61.6 Å². The number of nitrogens with one attached hydrogen (secondary N) is 7. The fourth-order valence-corrected chi connectivity index (χ4v) is 5.62. The van der Waals surface area contributed by atoms with Gasteiger partial charge in [-0.1, -0.05) is 166 Å². The van der Waals surface area contributed by atoms with Crippen molar-refractivity contribution in [2.45, 2.75) is 180 Å². The number of carbonyl (C=O) groups excluding carboxylic acids is 5. The second-order valence-electron chi connectivity index (χ2n) is 26.1. The normalized spacial score (nSPS) is 11.3. The molecule has 17 heteroatoms. The summed E-state index contributed by atoms with van der Waals surface area (Å²) in [6.45, 7) is 67.2. The smallest absolute Gasteiger partial charge is 0.316 e. The van der Waals surface area contributed by atoms with Crippen LogP contribution in [-0.4, -0.2) is 198 Å². The van der Waals surface area contributed by atoms with Crippen molar-refractivity contribution in [1.29, 1.82) is 0 Å². The number of methoxy groups -OCH3 is 1. The number of likely N-dealkylation sites (tertiary alicyclic amines) is 1. The lowest BCUT2D eigenvalue weighted by Gasteiger charge is -2.38. The van der Waals surface area contributed by atoms with Gasteiger partial charge >= 0.3 is 18.0 Å². The molecular weight excluding hydrogens is 1030 g/mol. The van der Waals surface area contributed by atoms with Crippen LogP contribution in [0.15, 0.2) is 0 Å². The van der Waals surface area contributed by atoms with Gasteiger partial charge in [0.15, 0.2) is 0 Å². The van der Waals surface area contributed by atoms with Gasteiger partial charge in [-0.15, -0.1) is 0 Å². The fraction of sp³-hybridized carbons (Fsp3) is 0.923. The third-order valence-corrected chi connectivity index (χ3v) is 9.76. The number of Topliss-reactive ketones (excluding diaryl/α,β-unsaturated/α-hetero) is 1. The maximum absolute atomic E-state index is 10.9. The van der Waals surface area contributed by atoms with Crippen molar-refractivity contribution in [3.63, 3.8) is 0 Å². The summed E-state index contributed by atoms with van der Waals surface area (Å²) in [5.74, 6) is 7.74. The molecule has 1 rings (SSSR count). The van der Waals surface area contributed by atoms with Gasteiger partial charge in [-0.05, 0) is 141 Å². The summed E-state index contributed by atoms with van der Waals surface area (Å²) in [4.78, 5) is 60.6. The monoisotopic (exact) mass is 1180 g/mol. The average Bonchev–Trinajstić information content (AvgIpc) is 3.32. The highest BCUT2D eigenvalue weighted by atomic mass is 16.5. The minimum atomic E-state index is -0.153. The van der Waals surface area contributed by atoms with Crippen LogP contribution in [-0.2, 0) is 19.1 Å². The van der Waals surface area contributed by atoms with Crippen molar-refractivity contribution >= 4 is 29.7 Å². The third-order valence-electron chi connectivity index (χ3n) is 9.76. The van der Waals surface area contributed by atoms with Crippen LogP contribution < -0.4 is 37.2 Å². The van der Waals surface area contributed by atoms with Crippen molar-refractivity contribution in [1.82, 2.24) is 56.8 Å². The zero-order chi connectivity index (χ0) is 67.3. The number of ketones is 1. The van der Waals surface area contributed by atoms with E-state index in [9.17, 15) is 24.0 Å². The van der Waals surface area contributed by atoms with Crippen molar-refractivity contribution in [3.8, 4) is 0 Å². The largest absolute Gasteiger partial charge is 0.469 e. The Morgan fingerprint density at radius 1 is 0.488 bits per heavy atom. The Morgan fingerprint density at radius 2 is 0.817 bits per heavy atom. The Bertz CT molecular complexity index is 1290. The molecule has 0 aromatic heterocycles. The van der Waals surface area contributed by atoms with Crippen molar-refractivity contribution < 1.29 is 28.7 Å². The summed E-state index contributed by atoms with van der Waals surface area (Å²) in [5, 5.41) is 19.8. The molecule has 0 bridgehead atoms. The summed E-state index contributed by atoms with van der Waals surface area (Å²) >= 11 is 0. The SMILES string of the molecule is CC(=O)C(C)C.CC(=O)NCC(C)C.CC(C)CN(C)C.CC(C)CN1CC(C)C1.CC(C)CNC(=O)N(C)C.CCN(C)CC(C)C.CNC(=O)NCC(C)C.CNCC(C)C.CNCC(C)C.CNCC(C)C.COC(=O)C(C)C. The maximum Gasteiger partial charge on any atom is 0.316 e. The van der Waals surface area contributed by atoms with Crippen LogP contribution in [0.1, 0.15) is 180 Å². The lowest BCUT2D eigenvalue weighted by Crippen LogP contribution is -2.46. The highest BCUT2D eigenvalue weighted by Crippen LogP contribution is 2.15. The van der Waals surface area contributed by atoms with E-state index in [0.29, 0.717) is 17.8 Å². The Balaban J connectivity index is -0.0000000873. The van der Waals surface area contributed by atoms with E-state index in [0.717, 1.165) is 87.2 Å². The van der Waals surface area contributed by atoms with Gasteiger partial charge in [0, 0.05) is 79.8 Å². The number of hydrogen-bond donors (Lipinski definition) is 7. The average molecular weight is 1180 g/mol. The topological polar surface area (TPSA) is 192 Å². The van der Waals surface area contributed by atoms with Gasteiger partial charge in [-0.2, -0.15) is 0 Å². The molecule has 1 aliphatic heterocycles. The number of hydrogen-bond acceptors (Lipinski definition) is 12. The first kappa shape index (κ1) is 101. The Hall–Kier alpha value is -3.09. The molecule has 1 aliphatic rings. The first-order valence-electron chi connectivity index (χ1n) is 31.2. The van der Waals surface area contributed by atoms with Crippen LogP contribution in [0, 0.1) is 71.0 Å². The van der Waals surface area contributed by atoms with Crippen LogP contribution in [0.3, 0.4) is 0 Å². The maximum atomic E-state index is 10.9. The van der Waals surface area contributed by atoms with E-state index in [1.807, 2.05) is 35.0 Å². The fourth-order valence-electron chi connectivity index (χ4n) is 5.62. The van der Waals surface area contributed by atoms with Crippen molar-refractivity contribution in [3.05, 3.63) is 0 Å². The van der Waals surface area contributed by atoms with E-state index in [2.05, 4.69) is 216 Å². The summed E-state index contributed by atoms with van der Waals surface area (Å²) < 4.78 is 4.37. The number of urea groups is 2. The van der Waals surface area contributed by atoms with Crippen LogP contribution in [0.2, 0.25) is 0 Å². The summed E-state index contributed by atoms with van der Waals surface area (Å²) in [6.07, 6.45) is 0. The van der Waals surface area contributed by atoms with Gasteiger partial charge in [0.25, 0.3) is 0 Å². The van der Waals surface area contributed by atoms with Gasteiger partial charge in [-0.25, -0.2) is 9.59 Å². The molecule has 0 aromatic rings. The van der Waals surface area contributed by atoms with Gasteiger partial charge in [-0.3, -0.25) is 14.4 Å². The molecule has 1 saturated heterocycles. The molecule has 0 atom stereocenters. The summed E-state index contributed by atoms with van der Waals surface area (Å²) in [6, 6.07) is -0.127. The second-order valence-corrected chi connectivity index (χ2v) is 26.1. The van der Waals surface area contributed by atoms with Crippen molar-refractivity contribution in [2.75, 3.05) is 149 Å². The van der Waals surface area contributed by atoms with Gasteiger partial charge in [0.2, 0.25) is 5.91 Å². The first-order chi connectivity index (χ1) is 37.4. The van der Waals surface area contributed by atoms with E-state index in [1.54, 1.807) is 41.9 Å². The minimum Gasteiger partial charge on any atom is -0.469 e. The molecule has 82 heavy (non-hydrogen) atoms. The molecule has 0 aromatic carbocycles. The summed E-state index contributed by atoms with van der Waals surface area (Å²) in [7, 11) is 18.7. The first-order valence-corrected chi connectivity index (χ1v) is 31.2. The van der Waals surface area contributed by atoms with Crippen LogP contribution in [0.5, 0.6) is 0 Å². The minimum absolute atomic E-state index is 0.00463. The van der Waals surface area contributed by atoms with Gasteiger partial charge in [0.1, 0.15) is 5.78 Å². The Kier molecular flexibility index (Phi) is 88.8. The van der Waals surface area contributed by atoms with E-state index < -0.39 is 0 Å². The Morgan fingerprint density at radius 3 is 0.951 bits per heavy atom. The standard InChI is InChI=1S/C8H17N.C7H16N2O.C7H17N.C6H14N2O.C6H13NO.C6H15N.3C5H13N.C5H10O2.C5H10O/c1-7(2)4-9-5-8(3)6-9;1-6(2)5-8-7(10)9(3)4;1-5-8(4)6-7(2)3;1-5(2)4-8-6(9)7-3;1-5(2)4-7-6(3)8;1-6(2)5-7(3)4;3*1-5(2)4-6-3;1-4(2)5(6)7-3;1-4(2)5(3)6/h7-8H,4-6H2,1-3H3;6H,5H2,1-4H3,(H,8,10);7H,5-6H2,1-4H3;5H,4H2,1-3H3,(H2,7,8,9);5H,4H2,1-3H3,(H,7,8);6H,5H2,1-4H3;3*5-6H,4H2,1-3H3;4H,1-3H3;4H,1-3H3. The molecule has 0 aliphatic carbocycles. The predicted molar refractivity (Wildman–Crippen MR) is 363 cm³/mol. The quantitative estimate of drug-likeness (QED) is 0.0539. The molecule has 502 valence electrons. The second kappa shape index (κ2) is 72.2. The van der Waals surface area contributed by atoms with Crippen LogP contribution >= 0.6 is 0 Å². The number of ether oxygens (including phenoxy) is 1. The molecule has 5 amide bonds. The van der Waals surface area contributed by atoms with E-state index in [4.69, 9.17) is 0 Å². The van der Waals surface area contributed by atoms with Crippen LogP contribution in [0.25, 0.3) is 0 Å². The van der Waals surface area contributed by atoms with E-state index >= 15 is 0 Å². The lowest BCUT2D eigenvalue weighted by molar-refractivity contribution is -0.144. The lowest BCUT2D eigenvalue weighted by atomic mass is 10.0. The number of esters is 1. The van der Waals surface area contributed by atoms with Gasteiger partial charge in [0.05, 0.1) is 13.0 Å². The molecular formula is C65H151N11O6. The number of carbonyl (C=O) groups is 5. The van der Waals surface area contributed by atoms with Crippen molar-refractivity contribution in [2.24, 2.45) is 71.0 Å². The highest BCUT2D eigenvalue weighted by molar-refractivity contribution is 5.77. The zero-order valence-electron chi connectivity index (χ0n) is 61.7. The summed E-state index contributed by atoms with van der Waals surface area (Å²) in [5.41, 5.74) is 0. The molecule has 0 unspecified atom stereocenters. The number of amides is 5. The predicted octanol–water partition coefficient (Wildman–Crippen LogP) is 11.3. The highest BCUT2D eigenvalue weighted by Gasteiger charge is 2.22. The van der Waals surface area contributed by atoms with Crippen LogP contribution in [0.4, 0.5) is 9.59 Å². The zero-order valence-corrected chi connectivity index (χ0v) is 61.7. The third kappa shape index (κ3) is 128. The molecule has 0 spiro atoms. The molecule has 0 saturated carbocycles. The number of rotatable bonds is 21. The molecule has 1 fully saturated rings. The molecule has 0 radical (unpaired) electrons. The Labute approximate surface area is 513 Å². The number of nitrogens with zero attached hydrogens (tertiary/aromatic N) is 4. The molecule has 17 nitrogen and oxygen atoms in total. The molecule has 7 N–H and O–H groups in total. The van der Waals surface area contributed by atoms with E-state index in [-0.39, 0.29) is 41.6 Å².